The first-order valence-electron chi connectivity index (χ1n) is 9.11. The number of carbonyl (C=O) groups excluding carboxylic acids is 2. The molecule has 0 unspecified atom stereocenters. The Morgan fingerprint density at radius 3 is 1.74 bits per heavy atom. The summed E-state index contributed by atoms with van der Waals surface area (Å²) in [5.74, 6) is 0. The van der Waals surface area contributed by atoms with Crippen molar-refractivity contribution >= 4 is 12.1 Å². The summed E-state index contributed by atoms with van der Waals surface area (Å²) in [6.07, 6.45) is 10.6. The van der Waals surface area contributed by atoms with Crippen molar-refractivity contribution < 1.29 is 9.59 Å². The van der Waals surface area contributed by atoms with Crippen molar-refractivity contribution in [1.29, 1.82) is 0 Å². The lowest BCUT2D eigenvalue weighted by atomic mass is 10.2. The van der Waals surface area contributed by atoms with Gasteiger partial charge in [0, 0.05) is 13.1 Å². The van der Waals surface area contributed by atoms with Gasteiger partial charge in [-0.1, -0.05) is 58.4 Å². The van der Waals surface area contributed by atoms with Crippen molar-refractivity contribution in [3.05, 3.63) is 12.7 Å². The summed E-state index contributed by atoms with van der Waals surface area (Å²) in [7, 11) is 0. The van der Waals surface area contributed by atoms with Gasteiger partial charge in [0.15, 0.2) is 0 Å². The maximum atomic E-state index is 12.5. The van der Waals surface area contributed by atoms with E-state index in [-0.39, 0.29) is 18.6 Å². The molecule has 0 spiro atoms. The molecular weight excluding hydrogens is 290 g/mol. The van der Waals surface area contributed by atoms with Gasteiger partial charge in [-0.15, -0.1) is 6.58 Å². The molecule has 1 heterocycles. The third-order valence-electron chi connectivity index (χ3n) is 4.22. The molecule has 1 fully saturated rings. The molecule has 23 heavy (non-hydrogen) atoms. The van der Waals surface area contributed by atoms with Gasteiger partial charge in [-0.2, -0.15) is 0 Å². The highest BCUT2D eigenvalue weighted by Gasteiger charge is 2.35. The van der Waals surface area contributed by atoms with Crippen molar-refractivity contribution in [1.82, 2.24) is 14.7 Å². The van der Waals surface area contributed by atoms with E-state index >= 15 is 0 Å². The number of hydrogen-bond acceptors (Lipinski definition) is 2. The van der Waals surface area contributed by atoms with Gasteiger partial charge in [0.05, 0.1) is 13.2 Å². The topological polar surface area (TPSA) is 43.9 Å². The lowest BCUT2D eigenvalue weighted by Gasteiger charge is -2.40. The molecule has 0 aromatic carbocycles. The second-order valence-electron chi connectivity index (χ2n) is 6.25. The van der Waals surface area contributed by atoms with Crippen LogP contribution in [0.15, 0.2) is 12.7 Å². The zero-order valence-electron chi connectivity index (χ0n) is 14.9. The average Bonchev–Trinajstić information content (AvgIpc) is 2.55. The standard InChI is InChI=1S/C18H33N3O2/c1-4-7-9-11-14-19-16-20(15-12-10-8-5-2)18(23)21(13-6-3)17(19)22/h6H,3-5,7-16H2,1-2H3. The SMILES string of the molecule is C=CCN1C(=O)N(CCCCCC)CN(CCCCCC)C1=O. The molecule has 0 N–H and O–H groups in total. The Hall–Kier alpha value is -1.52. The van der Waals surface area contributed by atoms with Crippen LogP contribution in [0.1, 0.15) is 65.2 Å². The summed E-state index contributed by atoms with van der Waals surface area (Å²) >= 11 is 0. The van der Waals surface area contributed by atoms with Gasteiger partial charge in [0.2, 0.25) is 0 Å². The monoisotopic (exact) mass is 323 g/mol. The first kappa shape index (κ1) is 19.5. The number of imide groups is 1. The normalized spacial score (nSPS) is 15.5. The molecule has 1 saturated heterocycles. The molecule has 0 atom stereocenters. The second kappa shape index (κ2) is 11.1. The number of unbranched alkanes of at least 4 members (excludes halogenated alkanes) is 6. The van der Waals surface area contributed by atoms with E-state index < -0.39 is 0 Å². The molecule has 0 aromatic rings. The molecule has 0 aromatic heterocycles. The van der Waals surface area contributed by atoms with Crippen molar-refractivity contribution in [2.24, 2.45) is 0 Å². The van der Waals surface area contributed by atoms with Gasteiger partial charge >= 0.3 is 12.1 Å². The molecule has 0 saturated carbocycles. The summed E-state index contributed by atoms with van der Waals surface area (Å²) in [4.78, 5) is 29.9. The fourth-order valence-corrected chi connectivity index (χ4v) is 2.83. The molecule has 1 aliphatic heterocycles. The zero-order valence-corrected chi connectivity index (χ0v) is 14.9. The quantitative estimate of drug-likeness (QED) is 0.393. The van der Waals surface area contributed by atoms with Crippen LogP contribution in [0.2, 0.25) is 0 Å². The largest absolute Gasteiger partial charge is 0.329 e. The third-order valence-corrected chi connectivity index (χ3v) is 4.22. The van der Waals surface area contributed by atoms with Crippen LogP contribution in [-0.4, -0.2) is 53.1 Å². The van der Waals surface area contributed by atoms with Gasteiger partial charge in [0.25, 0.3) is 0 Å². The Labute approximate surface area is 141 Å². The maximum Gasteiger partial charge on any atom is 0.329 e. The van der Waals surface area contributed by atoms with E-state index in [4.69, 9.17) is 0 Å². The van der Waals surface area contributed by atoms with Crippen LogP contribution in [0, 0.1) is 0 Å². The zero-order chi connectivity index (χ0) is 17.1. The van der Waals surface area contributed by atoms with Crippen LogP contribution in [-0.2, 0) is 0 Å². The summed E-state index contributed by atoms with van der Waals surface area (Å²) in [5, 5.41) is 0. The highest BCUT2D eigenvalue weighted by molar-refractivity contribution is 5.95. The van der Waals surface area contributed by atoms with Gasteiger partial charge in [-0.05, 0) is 12.8 Å². The Morgan fingerprint density at radius 2 is 1.35 bits per heavy atom. The Bertz CT molecular complexity index is 354. The van der Waals surface area contributed by atoms with E-state index in [2.05, 4.69) is 20.4 Å². The summed E-state index contributed by atoms with van der Waals surface area (Å²) in [5.41, 5.74) is 0. The molecule has 1 aliphatic rings. The minimum Gasteiger partial charge on any atom is -0.306 e. The Morgan fingerprint density at radius 1 is 0.870 bits per heavy atom. The van der Waals surface area contributed by atoms with E-state index in [1.54, 1.807) is 15.9 Å². The molecule has 0 bridgehead atoms. The fourth-order valence-electron chi connectivity index (χ4n) is 2.83. The van der Waals surface area contributed by atoms with E-state index in [1.807, 2.05) is 0 Å². The molecule has 0 radical (unpaired) electrons. The van der Waals surface area contributed by atoms with Crippen molar-refractivity contribution in [3.63, 3.8) is 0 Å². The minimum absolute atomic E-state index is 0.170. The fraction of sp³-hybridized carbons (Fsp3) is 0.778. The van der Waals surface area contributed by atoms with E-state index in [1.165, 1.54) is 30.6 Å². The molecule has 4 amide bonds. The van der Waals surface area contributed by atoms with Gasteiger partial charge in [-0.25, -0.2) is 14.5 Å². The van der Waals surface area contributed by atoms with E-state index in [9.17, 15) is 9.59 Å². The van der Waals surface area contributed by atoms with E-state index in [0.717, 1.165) is 38.8 Å². The lowest BCUT2D eigenvalue weighted by molar-refractivity contribution is 0.0798. The minimum atomic E-state index is -0.170. The van der Waals surface area contributed by atoms with Crippen LogP contribution in [0.3, 0.4) is 0 Å². The number of amides is 4. The predicted molar refractivity (Wildman–Crippen MR) is 94.3 cm³/mol. The van der Waals surface area contributed by atoms with Crippen LogP contribution >= 0.6 is 0 Å². The molecular formula is C18H33N3O2. The highest BCUT2D eigenvalue weighted by Crippen LogP contribution is 2.16. The predicted octanol–water partition coefficient (Wildman–Crippen LogP) is 4.45. The lowest BCUT2D eigenvalue weighted by Crippen LogP contribution is -2.61. The Kier molecular flexibility index (Phi) is 9.41. The number of urea groups is 2. The molecule has 5 nitrogen and oxygen atoms in total. The van der Waals surface area contributed by atoms with Crippen LogP contribution in [0.25, 0.3) is 0 Å². The van der Waals surface area contributed by atoms with Gasteiger partial charge in [0.1, 0.15) is 0 Å². The third kappa shape index (κ3) is 6.24. The van der Waals surface area contributed by atoms with E-state index in [0.29, 0.717) is 6.67 Å². The molecule has 5 heteroatoms. The van der Waals surface area contributed by atoms with Crippen molar-refractivity contribution in [2.75, 3.05) is 26.3 Å². The van der Waals surface area contributed by atoms with Crippen molar-refractivity contribution in [3.8, 4) is 0 Å². The number of carbonyl (C=O) groups is 2. The first-order valence-corrected chi connectivity index (χ1v) is 9.11. The molecule has 1 rings (SSSR count). The molecule has 0 aliphatic carbocycles. The highest BCUT2D eigenvalue weighted by atomic mass is 16.2. The summed E-state index contributed by atoms with van der Waals surface area (Å²) in [6.45, 7) is 10.2. The van der Waals surface area contributed by atoms with Gasteiger partial charge < -0.3 is 9.80 Å². The average molecular weight is 323 g/mol. The van der Waals surface area contributed by atoms with Crippen LogP contribution in [0.5, 0.6) is 0 Å². The van der Waals surface area contributed by atoms with Gasteiger partial charge in [-0.3, -0.25) is 0 Å². The smallest absolute Gasteiger partial charge is 0.306 e. The van der Waals surface area contributed by atoms with Crippen LogP contribution < -0.4 is 0 Å². The Balaban J connectivity index is 2.60. The number of hydrogen-bond donors (Lipinski definition) is 0. The van der Waals surface area contributed by atoms with Crippen molar-refractivity contribution in [2.45, 2.75) is 65.2 Å². The summed E-state index contributed by atoms with van der Waals surface area (Å²) in [6, 6.07) is -0.340. The second-order valence-corrected chi connectivity index (χ2v) is 6.25. The maximum absolute atomic E-state index is 12.5. The molecule has 132 valence electrons. The number of nitrogens with zero attached hydrogens (tertiary/aromatic N) is 3. The summed E-state index contributed by atoms with van der Waals surface area (Å²) < 4.78 is 0. The first-order chi connectivity index (χ1) is 11.2. The van der Waals surface area contributed by atoms with Crippen LogP contribution in [0.4, 0.5) is 9.59 Å². The number of rotatable bonds is 12.